The third-order valence-corrected chi connectivity index (χ3v) is 3.45. The lowest BCUT2D eigenvalue weighted by molar-refractivity contribution is 0.0973. The molecule has 0 amide bonds. The predicted molar refractivity (Wildman–Crippen MR) is 84.0 cm³/mol. The van der Waals surface area contributed by atoms with E-state index in [1.165, 1.54) is 5.56 Å². The van der Waals surface area contributed by atoms with E-state index in [4.69, 9.17) is 0 Å². The molecule has 0 saturated heterocycles. The highest BCUT2D eigenvalue weighted by atomic mass is 16.1. The van der Waals surface area contributed by atoms with Crippen molar-refractivity contribution in [2.45, 2.75) is 25.7 Å². The molecule has 1 heteroatoms. The number of allylic oxidation sites excluding steroid dienone is 2. The maximum absolute atomic E-state index is 12.4. The summed E-state index contributed by atoms with van der Waals surface area (Å²) in [6, 6.07) is 19.8. The number of carbonyl (C=O) groups is 1. The van der Waals surface area contributed by atoms with Gasteiger partial charge in [-0.1, -0.05) is 72.8 Å². The van der Waals surface area contributed by atoms with Gasteiger partial charge in [-0.15, -0.1) is 0 Å². The summed E-state index contributed by atoms with van der Waals surface area (Å²) in [5.74, 6) is 0.462. The molecule has 1 atom stereocenters. The van der Waals surface area contributed by atoms with Crippen molar-refractivity contribution in [1.82, 2.24) is 0 Å². The average Bonchev–Trinajstić information content (AvgIpc) is 2.53. The second-order valence-electron chi connectivity index (χ2n) is 4.91. The fraction of sp³-hybridized carbons (Fsp3) is 0.211. The minimum Gasteiger partial charge on any atom is -0.294 e. The van der Waals surface area contributed by atoms with Crippen LogP contribution in [0.4, 0.5) is 0 Å². The second-order valence-corrected chi connectivity index (χ2v) is 4.91. The first-order valence-corrected chi connectivity index (χ1v) is 7.05. The molecule has 0 radical (unpaired) electrons. The summed E-state index contributed by atoms with van der Waals surface area (Å²) in [6.07, 6.45) is 5.64. The molecule has 0 aliphatic heterocycles. The minimum absolute atomic E-state index is 0.212. The van der Waals surface area contributed by atoms with E-state index < -0.39 is 0 Å². The molecule has 0 bridgehead atoms. The molecular weight excluding hydrogens is 244 g/mol. The van der Waals surface area contributed by atoms with Crippen LogP contribution in [0.15, 0.2) is 72.8 Å². The van der Waals surface area contributed by atoms with Crippen LogP contribution in [0.25, 0.3) is 0 Å². The Bertz CT molecular complexity index is 555. The SMILES string of the molecule is C/C=C/CC(CC(=O)c1ccccc1)c1ccccc1. The lowest BCUT2D eigenvalue weighted by Crippen LogP contribution is -2.07. The summed E-state index contributed by atoms with van der Waals surface area (Å²) in [5, 5.41) is 0. The smallest absolute Gasteiger partial charge is 0.163 e. The van der Waals surface area contributed by atoms with Crippen LogP contribution in [0.1, 0.15) is 41.6 Å². The van der Waals surface area contributed by atoms with Crippen molar-refractivity contribution in [2.24, 2.45) is 0 Å². The summed E-state index contributed by atoms with van der Waals surface area (Å²) in [7, 11) is 0. The summed E-state index contributed by atoms with van der Waals surface area (Å²) < 4.78 is 0. The fourth-order valence-corrected chi connectivity index (χ4v) is 2.33. The van der Waals surface area contributed by atoms with Gasteiger partial charge in [-0.2, -0.15) is 0 Å². The number of benzene rings is 2. The van der Waals surface area contributed by atoms with E-state index >= 15 is 0 Å². The molecule has 0 heterocycles. The predicted octanol–water partition coefficient (Wildman–Crippen LogP) is 5.01. The number of rotatable bonds is 6. The first kappa shape index (κ1) is 14.3. The summed E-state index contributed by atoms with van der Waals surface area (Å²) >= 11 is 0. The van der Waals surface area contributed by atoms with E-state index in [9.17, 15) is 4.79 Å². The Morgan fingerprint density at radius 2 is 1.60 bits per heavy atom. The third-order valence-electron chi connectivity index (χ3n) is 3.45. The van der Waals surface area contributed by atoms with Crippen LogP contribution in [0, 0.1) is 0 Å². The van der Waals surface area contributed by atoms with Gasteiger partial charge in [0.25, 0.3) is 0 Å². The van der Waals surface area contributed by atoms with Crippen molar-refractivity contribution in [3.8, 4) is 0 Å². The molecule has 20 heavy (non-hydrogen) atoms. The van der Waals surface area contributed by atoms with Crippen molar-refractivity contribution in [3.63, 3.8) is 0 Å². The van der Waals surface area contributed by atoms with Gasteiger partial charge in [0.2, 0.25) is 0 Å². The van der Waals surface area contributed by atoms with Crippen LogP contribution in [0.5, 0.6) is 0 Å². The van der Waals surface area contributed by atoms with E-state index in [0.29, 0.717) is 6.42 Å². The van der Waals surface area contributed by atoms with Crippen LogP contribution in [0.3, 0.4) is 0 Å². The molecule has 0 aromatic heterocycles. The molecule has 0 fully saturated rings. The van der Waals surface area contributed by atoms with Gasteiger partial charge in [0.1, 0.15) is 0 Å². The van der Waals surface area contributed by atoms with Gasteiger partial charge in [0.15, 0.2) is 5.78 Å². The topological polar surface area (TPSA) is 17.1 Å². The molecule has 1 nitrogen and oxygen atoms in total. The van der Waals surface area contributed by atoms with Gasteiger partial charge < -0.3 is 0 Å². The lowest BCUT2D eigenvalue weighted by atomic mass is 9.89. The van der Waals surface area contributed by atoms with Crippen molar-refractivity contribution in [2.75, 3.05) is 0 Å². The second kappa shape index (κ2) is 7.44. The fourth-order valence-electron chi connectivity index (χ4n) is 2.33. The van der Waals surface area contributed by atoms with E-state index in [1.54, 1.807) is 0 Å². The zero-order valence-corrected chi connectivity index (χ0v) is 11.8. The Morgan fingerprint density at radius 1 is 1.00 bits per heavy atom. The number of Topliss-reactive ketones (excluding diaryl/α,β-unsaturated/α-hetero) is 1. The summed E-state index contributed by atoms with van der Waals surface area (Å²) in [4.78, 5) is 12.4. The lowest BCUT2D eigenvalue weighted by Gasteiger charge is -2.15. The number of carbonyl (C=O) groups excluding carboxylic acids is 1. The van der Waals surface area contributed by atoms with E-state index in [2.05, 4.69) is 18.2 Å². The zero-order chi connectivity index (χ0) is 14.2. The highest BCUT2D eigenvalue weighted by Gasteiger charge is 2.15. The summed E-state index contributed by atoms with van der Waals surface area (Å²) in [5.41, 5.74) is 2.03. The molecule has 0 N–H and O–H groups in total. The number of hydrogen-bond donors (Lipinski definition) is 0. The van der Waals surface area contributed by atoms with Crippen molar-refractivity contribution >= 4 is 5.78 Å². The quantitative estimate of drug-likeness (QED) is 0.529. The van der Waals surface area contributed by atoms with Gasteiger partial charge in [0.05, 0.1) is 0 Å². The molecule has 0 aliphatic carbocycles. The van der Waals surface area contributed by atoms with Gasteiger partial charge in [-0.25, -0.2) is 0 Å². The Kier molecular flexibility index (Phi) is 5.31. The van der Waals surface area contributed by atoms with E-state index in [-0.39, 0.29) is 11.7 Å². The largest absolute Gasteiger partial charge is 0.294 e. The number of hydrogen-bond acceptors (Lipinski definition) is 1. The Balaban J connectivity index is 2.14. The first-order chi connectivity index (χ1) is 9.81. The van der Waals surface area contributed by atoms with Crippen LogP contribution in [-0.4, -0.2) is 5.78 Å². The van der Waals surface area contributed by atoms with Gasteiger partial charge >= 0.3 is 0 Å². The maximum Gasteiger partial charge on any atom is 0.163 e. The monoisotopic (exact) mass is 264 g/mol. The van der Waals surface area contributed by atoms with Gasteiger partial charge in [-0.3, -0.25) is 4.79 Å². The van der Waals surface area contributed by atoms with E-state index in [0.717, 1.165) is 12.0 Å². The van der Waals surface area contributed by atoms with Crippen LogP contribution in [0.2, 0.25) is 0 Å². The Hall–Kier alpha value is -2.15. The van der Waals surface area contributed by atoms with Gasteiger partial charge in [0, 0.05) is 12.0 Å². The minimum atomic E-state index is 0.212. The molecule has 2 rings (SSSR count). The van der Waals surface area contributed by atoms with Crippen molar-refractivity contribution < 1.29 is 4.79 Å². The molecule has 1 unspecified atom stereocenters. The van der Waals surface area contributed by atoms with Crippen molar-refractivity contribution in [3.05, 3.63) is 83.9 Å². The highest BCUT2D eigenvalue weighted by Crippen LogP contribution is 2.25. The average molecular weight is 264 g/mol. The Labute approximate surface area is 121 Å². The standard InChI is InChI=1S/C19H20O/c1-2-3-10-18(16-11-6-4-7-12-16)15-19(20)17-13-8-5-9-14-17/h2-9,11-14,18H,10,15H2,1H3/b3-2+. The molecule has 0 saturated carbocycles. The molecular formula is C19H20O. The molecule has 2 aromatic carbocycles. The van der Waals surface area contributed by atoms with Crippen molar-refractivity contribution in [1.29, 1.82) is 0 Å². The maximum atomic E-state index is 12.4. The zero-order valence-electron chi connectivity index (χ0n) is 11.8. The molecule has 0 aliphatic rings. The first-order valence-electron chi connectivity index (χ1n) is 7.05. The van der Waals surface area contributed by atoms with Gasteiger partial charge in [-0.05, 0) is 24.8 Å². The molecule has 2 aromatic rings. The Morgan fingerprint density at radius 3 is 2.20 bits per heavy atom. The third kappa shape index (κ3) is 3.92. The normalized spacial score (nSPS) is 12.4. The number of ketones is 1. The summed E-state index contributed by atoms with van der Waals surface area (Å²) in [6.45, 7) is 2.01. The molecule has 0 spiro atoms. The highest BCUT2D eigenvalue weighted by molar-refractivity contribution is 5.96. The van der Waals surface area contributed by atoms with E-state index in [1.807, 2.05) is 61.5 Å². The van der Waals surface area contributed by atoms with Crippen LogP contribution in [-0.2, 0) is 0 Å². The molecule has 102 valence electrons. The van der Waals surface area contributed by atoms with Crippen LogP contribution >= 0.6 is 0 Å². The van der Waals surface area contributed by atoms with Crippen LogP contribution < -0.4 is 0 Å².